The number of carbonyl (C=O) groups is 1. The van der Waals surface area contributed by atoms with E-state index in [-0.39, 0.29) is 5.78 Å². The highest BCUT2D eigenvalue weighted by Crippen LogP contribution is 2.30. The van der Waals surface area contributed by atoms with Crippen molar-refractivity contribution in [1.29, 1.82) is 0 Å². The van der Waals surface area contributed by atoms with Gasteiger partial charge in [-0.2, -0.15) is 0 Å². The van der Waals surface area contributed by atoms with Crippen molar-refractivity contribution >= 4 is 16.7 Å². The van der Waals surface area contributed by atoms with Gasteiger partial charge in [0.25, 0.3) is 0 Å². The minimum atomic E-state index is -0.125. The second-order valence-electron chi connectivity index (χ2n) is 6.91. The Kier molecular flexibility index (Phi) is 3.82. The predicted octanol–water partition coefficient (Wildman–Crippen LogP) is 5.00. The fourth-order valence-corrected chi connectivity index (χ4v) is 3.77. The summed E-state index contributed by atoms with van der Waals surface area (Å²) in [6, 6.07) is 15.4. The lowest BCUT2D eigenvalue weighted by molar-refractivity contribution is 0.101. The Morgan fingerprint density at radius 1 is 0.963 bits per heavy atom. The Morgan fingerprint density at radius 3 is 2.81 bits per heavy atom. The molecular weight excluding hydrogens is 336 g/mol. The SMILES string of the molecule is O=C(c1cnc2c(c1)CCCC2)c1ccc(-c2ccnc3ccccc23)o1. The van der Waals surface area contributed by atoms with Crippen molar-refractivity contribution in [2.24, 2.45) is 0 Å². The van der Waals surface area contributed by atoms with Gasteiger partial charge in [0.05, 0.1) is 5.52 Å². The van der Waals surface area contributed by atoms with Gasteiger partial charge in [-0.3, -0.25) is 14.8 Å². The lowest BCUT2D eigenvalue weighted by atomic mass is 9.94. The summed E-state index contributed by atoms with van der Waals surface area (Å²) in [4.78, 5) is 21.8. The molecule has 3 aromatic heterocycles. The largest absolute Gasteiger partial charge is 0.453 e. The van der Waals surface area contributed by atoms with Gasteiger partial charge in [-0.1, -0.05) is 18.2 Å². The molecule has 0 N–H and O–H groups in total. The van der Waals surface area contributed by atoms with Crippen molar-refractivity contribution in [2.45, 2.75) is 25.7 Å². The summed E-state index contributed by atoms with van der Waals surface area (Å²) >= 11 is 0. The lowest BCUT2D eigenvalue weighted by Gasteiger charge is -2.14. The topological polar surface area (TPSA) is 56.0 Å². The number of carbonyl (C=O) groups excluding carboxylic acids is 1. The van der Waals surface area contributed by atoms with Crippen LogP contribution in [0.15, 0.2) is 65.3 Å². The van der Waals surface area contributed by atoms with Crippen molar-refractivity contribution in [3.8, 4) is 11.3 Å². The summed E-state index contributed by atoms with van der Waals surface area (Å²) in [6.07, 6.45) is 7.77. The summed E-state index contributed by atoms with van der Waals surface area (Å²) in [5.41, 5.74) is 4.75. The van der Waals surface area contributed by atoms with Gasteiger partial charge in [0.2, 0.25) is 5.78 Å². The van der Waals surface area contributed by atoms with E-state index in [1.165, 1.54) is 12.0 Å². The molecular formula is C23H18N2O2. The van der Waals surface area contributed by atoms with Crippen molar-refractivity contribution in [1.82, 2.24) is 9.97 Å². The van der Waals surface area contributed by atoms with Gasteiger partial charge in [0.15, 0.2) is 5.76 Å². The number of nitrogens with zero attached hydrogens (tertiary/aromatic N) is 2. The quantitative estimate of drug-likeness (QED) is 0.486. The molecule has 0 aliphatic heterocycles. The van der Waals surface area contributed by atoms with Crippen molar-refractivity contribution in [2.75, 3.05) is 0 Å². The monoisotopic (exact) mass is 354 g/mol. The van der Waals surface area contributed by atoms with E-state index in [0.29, 0.717) is 17.1 Å². The zero-order valence-corrected chi connectivity index (χ0v) is 14.8. The number of hydrogen-bond acceptors (Lipinski definition) is 4. The van der Waals surface area contributed by atoms with E-state index in [1.807, 2.05) is 42.5 Å². The zero-order chi connectivity index (χ0) is 18.2. The smallest absolute Gasteiger partial charge is 0.229 e. The maximum Gasteiger partial charge on any atom is 0.229 e. The first-order valence-corrected chi connectivity index (χ1v) is 9.26. The van der Waals surface area contributed by atoms with Gasteiger partial charge in [-0.25, -0.2) is 0 Å². The summed E-state index contributed by atoms with van der Waals surface area (Å²) in [6.45, 7) is 0. The van der Waals surface area contributed by atoms with E-state index in [9.17, 15) is 4.79 Å². The molecule has 0 saturated heterocycles. The molecule has 0 radical (unpaired) electrons. The Morgan fingerprint density at radius 2 is 1.85 bits per heavy atom. The molecule has 0 atom stereocenters. The van der Waals surface area contributed by atoms with Crippen LogP contribution >= 0.6 is 0 Å². The van der Waals surface area contributed by atoms with E-state index in [2.05, 4.69) is 9.97 Å². The van der Waals surface area contributed by atoms with Gasteiger partial charge in [-0.05, 0) is 61.6 Å². The van der Waals surface area contributed by atoms with Crippen LogP contribution in [0.25, 0.3) is 22.2 Å². The molecule has 0 amide bonds. The van der Waals surface area contributed by atoms with Gasteiger partial charge in [0, 0.05) is 34.6 Å². The average molecular weight is 354 g/mol. The third-order valence-electron chi connectivity index (χ3n) is 5.18. The number of aromatic nitrogens is 2. The van der Waals surface area contributed by atoms with E-state index in [1.54, 1.807) is 18.5 Å². The number of ketones is 1. The van der Waals surface area contributed by atoms with Crippen molar-refractivity contribution in [3.05, 3.63) is 83.5 Å². The van der Waals surface area contributed by atoms with Crippen molar-refractivity contribution < 1.29 is 9.21 Å². The number of hydrogen-bond donors (Lipinski definition) is 0. The Balaban J connectivity index is 1.51. The molecule has 1 aromatic carbocycles. The van der Waals surface area contributed by atoms with Gasteiger partial charge in [0.1, 0.15) is 5.76 Å². The number of fused-ring (bicyclic) bond motifs is 2. The molecule has 27 heavy (non-hydrogen) atoms. The van der Waals surface area contributed by atoms with Crippen LogP contribution in [0, 0.1) is 0 Å². The van der Waals surface area contributed by atoms with Crippen LogP contribution in [0.3, 0.4) is 0 Å². The third-order valence-corrected chi connectivity index (χ3v) is 5.18. The molecule has 4 aromatic rings. The number of aryl methyl sites for hydroxylation is 2. The summed E-state index contributed by atoms with van der Waals surface area (Å²) in [7, 11) is 0. The second-order valence-corrected chi connectivity index (χ2v) is 6.91. The first kappa shape index (κ1) is 15.9. The maximum atomic E-state index is 12.9. The minimum absolute atomic E-state index is 0.125. The Labute approximate surface area is 156 Å². The number of para-hydroxylation sites is 1. The number of rotatable bonds is 3. The first-order chi connectivity index (χ1) is 13.3. The van der Waals surface area contributed by atoms with Crippen LogP contribution < -0.4 is 0 Å². The van der Waals surface area contributed by atoms with E-state index < -0.39 is 0 Å². The van der Waals surface area contributed by atoms with Crippen LogP contribution in [-0.4, -0.2) is 15.8 Å². The van der Waals surface area contributed by atoms with Crippen LogP contribution in [0.2, 0.25) is 0 Å². The molecule has 0 spiro atoms. The average Bonchev–Trinajstić information content (AvgIpc) is 3.22. The fraction of sp³-hybridized carbons (Fsp3) is 0.174. The predicted molar refractivity (Wildman–Crippen MR) is 104 cm³/mol. The highest BCUT2D eigenvalue weighted by molar-refractivity contribution is 6.07. The number of furan rings is 1. The molecule has 4 nitrogen and oxygen atoms in total. The molecule has 3 heterocycles. The molecule has 0 bridgehead atoms. The fourth-order valence-electron chi connectivity index (χ4n) is 3.77. The molecule has 0 unspecified atom stereocenters. The van der Waals surface area contributed by atoms with Crippen LogP contribution in [-0.2, 0) is 12.8 Å². The van der Waals surface area contributed by atoms with E-state index in [4.69, 9.17) is 4.42 Å². The third kappa shape index (κ3) is 2.83. The summed E-state index contributed by atoms with van der Waals surface area (Å²) in [5, 5.41) is 1.00. The number of benzene rings is 1. The molecule has 1 aliphatic rings. The molecule has 132 valence electrons. The van der Waals surface area contributed by atoms with Crippen LogP contribution in [0.1, 0.15) is 40.2 Å². The van der Waals surface area contributed by atoms with Crippen LogP contribution in [0.5, 0.6) is 0 Å². The zero-order valence-electron chi connectivity index (χ0n) is 14.8. The second kappa shape index (κ2) is 6.47. The molecule has 4 heteroatoms. The van der Waals surface area contributed by atoms with Gasteiger partial charge >= 0.3 is 0 Å². The van der Waals surface area contributed by atoms with E-state index >= 15 is 0 Å². The maximum absolute atomic E-state index is 12.9. The van der Waals surface area contributed by atoms with Gasteiger partial charge < -0.3 is 4.42 Å². The molecule has 0 saturated carbocycles. The highest BCUT2D eigenvalue weighted by atomic mass is 16.3. The molecule has 1 aliphatic carbocycles. The normalized spacial score (nSPS) is 13.5. The molecule has 0 fully saturated rings. The highest BCUT2D eigenvalue weighted by Gasteiger charge is 2.19. The van der Waals surface area contributed by atoms with Crippen LogP contribution in [0.4, 0.5) is 0 Å². The van der Waals surface area contributed by atoms with E-state index in [0.717, 1.165) is 41.4 Å². The minimum Gasteiger partial charge on any atom is -0.453 e. The molecule has 5 rings (SSSR count). The van der Waals surface area contributed by atoms with Crippen molar-refractivity contribution in [3.63, 3.8) is 0 Å². The van der Waals surface area contributed by atoms with Gasteiger partial charge in [-0.15, -0.1) is 0 Å². The standard InChI is InChI=1S/C23H18N2O2/c26-23(16-13-15-5-1-3-7-19(15)25-14-16)22-10-9-21(27-22)18-11-12-24-20-8-4-2-6-17(18)20/h2,4,6,8-14H,1,3,5,7H2. The summed E-state index contributed by atoms with van der Waals surface area (Å²) < 4.78 is 5.93. The lowest BCUT2D eigenvalue weighted by Crippen LogP contribution is -2.09. The first-order valence-electron chi connectivity index (χ1n) is 9.26. The number of pyridine rings is 2. The Bertz CT molecular complexity index is 1150. The Hall–Kier alpha value is -3.27. The summed E-state index contributed by atoms with van der Waals surface area (Å²) in [5.74, 6) is 0.881.